The van der Waals surface area contributed by atoms with Gasteiger partial charge in [0.25, 0.3) is 0 Å². The minimum atomic E-state index is 0.0498. The van der Waals surface area contributed by atoms with Crippen LogP contribution in [0.2, 0.25) is 0 Å². The van der Waals surface area contributed by atoms with Gasteiger partial charge in [-0.05, 0) is 25.8 Å². The van der Waals surface area contributed by atoms with E-state index >= 15 is 0 Å². The van der Waals surface area contributed by atoms with Crippen LogP contribution in [0, 0.1) is 5.92 Å². The second-order valence-electron chi connectivity index (χ2n) is 3.67. The molecule has 0 aliphatic heterocycles. The Morgan fingerprint density at radius 1 is 1.64 bits per heavy atom. The summed E-state index contributed by atoms with van der Waals surface area (Å²) < 4.78 is 0. The summed E-state index contributed by atoms with van der Waals surface area (Å²) in [6.45, 7) is 6.96. The number of amides is 1. The van der Waals surface area contributed by atoms with Gasteiger partial charge < -0.3 is 10.6 Å². The summed E-state index contributed by atoms with van der Waals surface area (Å²) in [5.41, 5.74) is 5.41. The molecule has 14 heavy (non-hydrogen) atoms. The Kier molecular flexibility index (Phi) is 7.11. The zero-order valence-electron chi connectivity index (χ0n) is 9.33. The SMILES string of the molecule is C=CCCCN(C)C(=O)C(C)CCN. The van der Waals surface area contributed by atoms with Crippen LogP contribution in [-0.2, 0) is 4.79 Å². The van der Waals surface area contributed by atoms with Gasteiger partial charge in [-0.15, -0.1) is 6.58 Å². The molecule has 82 valence electrons. The van der Waals surface area contributed by atoms with E-state index in [0.717, 1.165) is 25.8 Å². The van der Waals surface area contributed by atoms with E-state index in [2.05, 4.69) is 6.58 Å². The first kappa shape index (κ1) is 13.2. The van der Waals surface area contributed by atoms with E-state index in [1.807, 2.05) is 20.0 Å². The maximum atomic E-state index is 11.7. The Morgan fingerprint density at radius 3 is 2.79 bits per heavy atom. The quantitative estimate of drug-likeness (QED) is 0.496. The Labute approximate surface area is 87.0 Å². The molecule has 3 heteroatoms. The molecule has 0 bridgehead atoms. The summed E-state index contributed by atoms with van der Waals surface area (Å²) in [7, 11) is 1.85. The molecule has 1 unspecified atom stereocenters. The minimum Gasteiger partial charge on any atom is -0.346 e. The largest absolute Gasteiger partial charge is 0.346 e. The van der Waals surface area contributed by atoms with Crippen molar-refractivity contribution in [2.45, 2.75) is 26.2 Å². The third kappa shape index (κ3) is 5.02. The van der Waals surface area contributed by atoms with Gasteiger partial charge in [0.2, 0.25) is 5.91 Å². The first-order chi connectivity index (χ1) is 6.63. The highest BCUT2D eigenvalue weighted by Crippen LogP contribution is 2.05. The maximum absolute atomic E-state index is 11.7. The van der Waals surface area contributed by atoms with Crippen molar-refractivity contribution < 1.29 is 4.79 Å². The Hall–Kier alpha value is -0.830. The lowest BCUT2D eigenvalue weighted by Crippen LogP contribution is -2.33. The normalized spacial score (nSPS) is 12.2. The first-order valence-corrected chi connectivity index (χ1v) is 5.19. The smallest absolute Gasteiger partial charge is 0.225 e. The van der Waals surface area contributed by atoms with Crippen molar-refractivity contribution in [1.29, 1.82) is 0 Å². The van der Waals surface area contributed by atoms with Gasteiger partial charge in [-0.1, -0.05) is 13.0 Å². The molecule has 0 spiro atoms. The number of unbranched alkanes of at least 4 members (excludes halogenated alkanes) is 1. The zero-order valence-corrected chi connectivity index (χ0v) is 9.33. The van der Waals surface area contributed by atoms with Gasteiger partial charge in [-0.25, -0.2) is 0 Å². The van der Waals surface area contributed by atoms with Crippen molar-refractivity contribution in [3.63, 3.8) is 0 Å². The number of nitrogens with zero attached hydrogens (tertiary/aromatic N) is 1. The number of carbonyl (C=O) groups is 1. The number of hydrogen-bond donors (Lipinski definition) is 1. The lowest BCUT2D eigenvalue weighted by molar-refractivity contribution is -0.133. The predicted octanol–water partition coefficient (Wildman–Crippen LogP) is 1.40. The van der Waals surface area contributed by atoms with Crippen molar-refractivity contribution in [1.82, 2.24) is 4.90 Å². The van der Waals surface area contributed by atoms with E-state index in [0.29, 0.717) is 6.54 Å². The van der Waals surface area contributed by atoms with Gasteiger partial charge in [0.15, 0.2) is 0 Å². The molecule has 0 heterocycles. The van der Waals surface area contributed by atoms with E-state index in [9.17, 15) is 4.79 Å². The van der Waals surface area contributed by atoms with Crippen LogP contribution in [0.15, 0.2) is 12.7 Å². The summed E-state index contributed by atoms with van der Waals surface area (Å²) in [4.78, 5) is 13.5. The standard InChI is InChI=1S/C11H22N2O/c1-4-5-6-9-13(3)11(14)10(2)7-8-12/h4,10H,1,5-9,12H2,2-3H3. The molecule has 0 saturated heterocycles. The highest BCUT2D eigenvalue weighted by atomic mass is 16.2. The molecule has 2 N–H and O–H groups in total. The van der Waals surface area contributed by atoms with Crippen LogP contribution in [0.25, 0.3) is 0 Å². The summed E-state index contributed by atoms with van der Waals surface area (Å²) in [5, 5.41) is 0. The molecule has 0 aliphatic carbocycles. The molecule has 0 aromatic carbocycles. The minimum absolute atomic E-state index is 0.0498. The Bertz CT molecular complexity index is 180. The zero-order chi connectivity index (χ0) is 11.0. The van der Waals surface area contributed by atoms with Gasteiger partial charge in [0.05, 0.1) is 0 Å². The third-order valence-electron chi connectivity index (χ3n) is 2.30. The predicted molar refractivity (Wildman–Crippen MR) is 59.9 cm³/mol. The van der Waals surface area contributed by atoms with E-state index in [1.165, 1.54) is 0 Å². The highest BCUT2D eigenvalue weighted by Gasteiger charge is 2.15. The Morgan fingerprint density at radius 2 is 2.29 bits per heavy atom. The van der Waals surface area contributed by atoms with Crippen LogP contribution in [0.1, 0.15) is 26.2 Å². The van der Waals surface area contributed by atoms with Crippen molar-refractivity contribution in [3.8, 4) is 0 Å². The summed E-state index contributed by atoms with van der Waals surface area (Å²) in [6, 6.07) is 0. The molecular weight excluding hydrogens is 176 g/mol. The van der Waals surface area contributed by atoms with Gasteiger partial charge in [0, 0.05) is 19.5 Å². The molecule has 0 saturated carbocycles. The number of hydrogen-bond acceptors (Lipinski definition) is 2. The molecule has 0 radical (unpaired) electrons. The molecule has 0 aromatic heterocycles. The van der Waals surface area contributed by atoms with Crippen molar-refractivity contribution in [2.75, 3.05) is 20.1 Å². The second-order valence-corrected chi connectivity index (χ2v) is 3.67. The summed E-state index contributed by atoms with van der Waals surface area (Å²) >= 11 is 0. The van der Waals surface area contributed by atoms with E-state index in [1.54, 1.807) is 4.90 Å². The van der Waals surface area contributed by atoms with Gasteiger partial charge in [-0.2, -0.15) is 0 Å². The molecule has 3 nitrogen and oxygen atoms in total. The molecule has 0 aliphatic rings. The average Bonchev–Trinajstić information content (AvgIpc) is 2.17. The van der Waals surface area contributed by atoms with Crippen LogP contribution in [0.4, 0.5) is 0 Å². The van der Waals surface area contributed by atoms with E-state index in [4.69, 9.17) is 5.73 Å². The fourth-order valence-corrected chi connectivity index (χ4v) is 1.33. The second kappa shape index (κ2) is 7.56. The van der Waals surface area contributed by atoms with E-state index in [-0.39, 0.29) is 11.8 Å². The Balaban J connectivity index is 3.79. The van der Waals surface area contributed by atoms with Gasteiger partial charge >= 0.3 is 0 Å². The molecule has 0 aromatic rings. The monoisotopic (exact) mass is 198 g/mol. The fourth-order valence-electron chi connectivity index (χ4n) is 1.33. The molecular formula is C11H22N2O. The van der Waals surface area contributed by atoms with Gasteiger partial charge in [-0.3, -0.25) is 4.79 Å². The lowest BCUT2D eigenvalue weighted by atomic mass is 10.1. The lowest BCUT2D eigenvalue weighted by Gasteiger charge is -2.20. The first-order valence-electron chi connectivity index (χ1n) is 5.19. The number of allylic oxidation sites excluding steroid dienone is 1. The van der Waals surface area contributed by atoms with Crippen LogP contribution in [-0.4, -0.2) is 30.9 Å². The molecule has 1 amide bonds. The average molecular weight is 198 g/mol. The molecule has 0 rings (SSSR count). The van der Waals surface area contributed by atoms with Crippen molar-refractivity contribution >= 4 is 5.91 Å². The third-order valence-corrected chi connectivity index (χ3v) is 2.30. The van der Waals surface area contributed by atoms with Crippen LogP contribution in [0.3, 0.4) is 0 Å². The summed E-state index contributed by atoms with van der Waals surface area (Å²) in [5.74, 6) is 0.244. The number of rotatable bonds is 7. The van der Waals surface area contributed by atoms with E-state index < -0.39 is 0 Å². The summed E-state index contributed by atoms with van der Waals surface area (Å²) in [6.07, 6.45) is 4.59. The number of carbonyl (C=O) groups excluding carboxylic acids is 1. The topological polar surface area (TPSA) is 46.3 Å². The van der Waals surface area contributed by atoms with Crippen LogP contribution >= 0.6 is 0 Å². The fraction of sp³-hybridized carbons (Fsp3) is 0.727. The maximum Gasteiger partial charge on any atom is 0.225 e. The van der Waals surface area contributed by atoms with Gasteiger partial charge in [0.1, 0.15) is 0 Å². The highest BCUT2D eigenvalue weighted by molar-refractivity contribution is 5.78. The molecule has 1 atom stereocenters. The van der Waals surface area contributed by atoms with Crippen LogP contribution in [0.5, 0.6) is 0 Å². The van der Waals surface area contributed by atoms with Crippen molar-refractivity contribution in [2.24, 2.45) is 11.7 Å². The number of nitrogens with two attached hydrogens (primary N) is 1. The molecule has 0 fully saturated rings. The van der Waals surface area contributed by atoms with Crippen molar-refractivity contribution in [3.05, 3.63) is 12.7 Å². The van der Waals surface area contributed by atoms with Crippen LogP contribution < -0.4 is 5.73 Å².